The number of amides is 3. The van der Waals surface area contributed by atoms with Crippen molar-refractivity contribution in [2.75, 3.05) is 38.6 Å². The summed E-state index contributed by atoms with van der Waals surface area (Å²) in [6, 6.07) is 9.85. The fourth-order valence-corrected chi connectivity index (χ4v) is 4.13. The number of benzene rings is 1. The maximum atomic E-state index is 12.9. The maximum absolute atomic E-state index is 12.9. The molecule has 3 amide bonds. The van der Waals surface area contributed by atoms with Crippen LogP contribution in [0.1, 0.15) is 37.8 Å². The molecule has 2 saturated heterocycles. The highest BCUT2D eigenvalue weighted by molar-refractivity contribution is 6.17. The van der Waals surface area contributed by atoms with Gasteiger partial charge in [-0.1, -0.05) is 30.3 Å². The normalized spacial score (nSPS) is 21.1. The predicted molar refractivity (Wildman–Crippen MR) is 108 cm³/mol. The molecule has 152 valence electrons. The highest BCUT2D eigenvalue weighted by Gasteiger charge is 2.39. The van der Waals surface area contributed by atoms with Crippen molar-refractivity contribution >= 4 is 29.3 Å². The van der Waals surface area contributed by atoms with Crippen LogP contribution >= 0.6 is 11.6 Å². The van der Waals surface area contributed by atoms with E-state index in [9.17, 15) is 14.4 Å². The second kappa shape index (κ2) is 9.41. The largest absolute Gasteiger partial charge is 0.339 e. The van der Waals surface area contributed by atoms with Gasteiger partial charge in [-0.3, -0.25) is 14.4 Å². The Morgan fingerprint density at radius 2 is 1.75 bits per heavy atom. The lowest BCUT2D eigenvalue weighted by molar-refractivity contribution is -0.142. The van der Waals surface area contributed by atoms with Gasteiger partial charge < -0.3 is 14.7 Å². The lowest BCUT2D eigenvalue weighted by atomic mass is 10.1. The molecule has 7 heteroatoms. The van der Waals surface area contributed by atoms with Crippen molar-refractivity contribution in [3.63, 3.8) is 0 Å². The lowest BCUT2D eigenvalue weighted by Gasteiger charge is -2.36. The number of carbonyl (C=O) groups excluding carboxylic acids is 3. The number of hydrogen-bond donors (Lipinski definition) is 0. The molecule has 1 aromatic rings. The molecule has 1 aromatic carbocycles. The lowest BCUT2D eigenvalue weighted by Crippen LogP contribution is -2.52. The van der Waals surface area contributed by atoms with Gasteiger partial charge in [0.15, 0.2) is 0 Å². The Balaban J connectivity index is 1.53. The number of likely N-dealkylation sites (tertiary alicyclic amines) is 1. The summed E-state index contributed by atoms with van der Waals surface area (Å²) >= 11 is 5.65. The van der Waals surface area contributed by atoms with Crippen LogP contribution in [0.25, 0.3) is 0 Å². The Bertz CT molecular complexity index is 704. The second-order valence-corrected chi connectivity index (χ2v) is 7.91. The first-order valence-electron chi connectivity index (χ1n) is 9.98. The third-order valence-corrected chi connectivity index (χ3v) is 5.99. The second-order valence-electron chi connectivity index (χ2n) is 7.53. The molecule has 0 aromatic heterocycles. The molecule has 6 nitrogen and oxygen atoms in total. The molecule has 2 aliphatic heterocycles. The zero-order valence-corrected chi connectivity index (χ0v) is 17.1. The Hall–Kier alpha value is -2.08. The summed E-state index contributed by atoms with van der Waals surface area (Å²) in [5, 5.41) is 0. The Morgan fingerprint density at radius 1 is 1.11 bits per heavy atom. The molecule has 0 aliphatic carbocycles. The summed E-state index contributed by atoms with van der Waals surface area (Å²) in [6.45, 7) is 4.64. The number of carbonyl (C=O) groups is 3. The van der Waals surface area contributed by atoms with Gasteiger partial charge in [-0.2, -0.15) is 0 Å². The minimum absolute atomic E-state index is 0.0315. The first kappa shape index (κ1) is 20.6. The van der Waals surface area contributed by atoms with Crippen LogP contribution in [0.5, 0.6) is 0 Å². The summed E-state index contributed by atoms with van der Waals surface area (Å²) in [4.78, 5) is 43.0. The summed E-state index contributed by atoms with van der Waals surface area (Å²) < 4.78 is 0. The molecule has 2 aliphatic rings. The van der Waals surface area contributed by atoms with Crippen LogP contribution in [0.4, 0.5) is 0 Å². The van der Waals surface area contributed by atoms with Crippen LogP contribution in [0.2, 0.25) is 0 Å². The smallest absolute Gasteiger partial charge is 0.228 e. The van der Waals surface area contributed by atoms with Crippen molar-refractivity contribution in [3.8, 4) is 0 Å². The van der Waals surface area contributed by atoms with Gasteiger partial charge in [0.2, 0.25) is 17.7 Å². The average Bonchev–Trinajstić information content (AvgIpc) is 3.13. The van der Waals surface area contributed by atoms with Gasteiger partial charge in [0, 0.05) is 51.4 Å². The molecule has 0 spiro atoms. The molecule has 3 rings (SSSR count). The van der Waals surface area contributed by atoms with Gasteiger partial charge in [-0.25, -0.2) is 0 Å². The third kappa shape index (κ3) is 4.66. The number of hydrogen-bond acceptors (Lipinski definition) is 3. The predicted octanol–water partition coefficient (Wildman–Crippen LogP) is 2.29. The monoisotopic (exact) mass is 405 g/mol. The van der Waals surface area contributed by atoms with Gasteiger partial charge in [0.1, 0.15) is 0 Å². The zero-order chi connectivity index (χ0) is 20.1. The van der Waals surface area contributed by atoms with Crippen LogP contribution in [-0.4, -0.2) is 71.0 Å². The summed E-state index contributed by atoms with van der Waals surface area (Å²) in [7, 11) is 0. The van der Waals surface area contributed by atoms with Crippen LogP contribution in [0.3, 0.4) is 0 Å². The fourth-order valence-electron chi connectivity index (χ4n) is 3.99. The van der Waals surface area contributed by atoms with E-state index < -0.39 is 0 Å². The Kier molecular flexibility index (Phi) is 6.94. The summed E-state index contributed by atoms with van der Waals surface area (Å²) in [5.74, 6) is 0.357. The third-order valence-electron chi connectivity index (χ3n) is 5.73. The number of alkyl halides is 1. The van der Waals surface area contributed by atoms with E-state index in [0.29, 0.717) is 51.4 Å². The highest BCUT2D eigenvalue weighted by Crippen LogP contribution is 2.29. The number of rotatable bonds is 6. The van der Waals surface area contributed by atoms with E-state index in [-0.39, 0.29) is 36.1 Å². The van der Waals surface area contributed by atoms with Crippen molar-refractivity contribution in [1.29, 1.82) is 0 Å². The summed E-state index contributed by atoms with van der Waals surface area (Å²) in [6.07, 6.45) is 1.41. The molecule has 2 fully saturated rings. The molecule has 0 N–H and O–H groups in total. The molecule has 2 heterocycles. The topological polar surface area (TPSA) is 60.9 Å². The molecule has 28 heavy (non-hydrogen) atoms. The zero-order valence-electron chi connectivity index (χ0n) is 16.3. The highest BCUT2D eigenvalue weighted by atomic mass is 35.5. The quantitative estimate of drug-likeness (QED) is 0.682. The minimum atomic E-state index is -0.294. The van der Waals surface area contributed by atoms with Crippen LogP contribution < -0.4 is 0 Å². The first-order chi connectivity index (χ1) is 13.5. The van der Waals surface area contributed by atoms with E-state index >= 15 is 0 Å². The molecule has 0 radical (unpaired) electrons. The van der Waals surface area contributed by atoms with Gasteiger partial charge >= 0.3 is 0 Å². The number of halogens is 1. The van der Waals surface area contributed by atoms with Gasteiger partial charge in [-0.15, -0.1) is 11.6 Å². The van der Waals surface area contributed by atoms with Gasteiger partial charge in [0.05, 0.1) is 12.0 Å². The van der Waals surface area contributed by atoms with Crippen LogP contribution in [-0.2, 0) is 14.4 Å². The van der Waals surface area contributed by atoms with Crippen molar-refractivity contribution in [2.45, 2.75) is 32.2 Å². The molecule has 0 saturated carbocycles. The van der Waals surface area contributed by atoms with E-state index in [1.54, 1.807) is 9.80 Å². The van der Waals surface area contributed by atoms with Gasteiger partial charge in [0.25, 0.3) is 0 Å². The van der Waals surface area contributed by atoms with Crippen molar-refractivity contribution in [3.05, 3.63) is 35.9 Å². The van der Waals surface area contributed by atoms with Crippen molar-refractivity contribution < 1.29 is 14.4 Å². The van der Waals surface area contributed by atoms with E-state index in [4.69, 9.17) is 11.6 Å². The SMILES string of the molecule is CC(c1ccccc1)N1CC(C(=O)N2CCN(C(=O)CCCCl)CC2)CC1=O. The maximum Gasteiger partial charge on any atom is 0.228 e. The molecule has 2 unspecified atom stereocenters. The van der Waals surface area contributed by atoms with Gasteiger partial charge in [-0.05, 0) is 18.9 Å². The Labute approximate surface area is 171 Å². The molecule has 0 bridgehead atoms. The van der Waals surface area contributed by atoms with Crippen molar-refractivity contribution in [1.82, 2.24) is 14.7 Å². The first-order valence-corrected chi connectivity index (χ1v) is 10.5. The minimum Gasteiger partial charge on any atom is -0.339 e. The van der Waals surface area contributed by atoms with E-state index in [2.05, 4.69) is 0 Å². The van der Waals surface area contributed by atoms with Crippen LogP contribution in [0, 0.1) is 5.92 Å². The molecular weight excluding hydrogens is 378 g/mol. The number of piperazine rings is 1. The standard InChI is InChI=1S/C21H28ClN3O3/c1-16(17-6-3-2-4-7-17)25-15-18(14-20(25)27)21(28)24-12-10-23(11-13-24)19(26)8-5-9-22/h2-4,6-7,16,18H,5,8-15H2,1H3. The number of nitrogens with zero attached hydrogens (tertiary/aromatic N) is 3. The van der Waals surface area contributed by atoms with E-state index in [0.717, 1.165) is 5.56 Å². The van der Waals surface area contributed by atoms with E-state index in [1.165, 1.54) is 0 Å². The van der Waals surface area contributed by atoms with Crippen LogP contribution in [0.15, 0.2) is 30.3 Å². The average molecular weight is 406 g/mol. The fraction of sp³-hybridized carbons (Fsp3) is 0.571. The van der Waals surface area contributed by atoms with Crippen molar-refractivity contribution in [2.24, 2.45) is 5.92 Å². The molecule has 2 atom stereocenters. The summed E-state index contributed by atoms with van der Waals surface area (Å²) in [5.41, 5.74) is 1.08. The molecular formula is C21H28ClN3O3. The Morgan fingerprint density at radius 3 is 2.39 bits per heavy atom. The van der Waals surface area contributed by atoms with E-state index in [1.807, 2.05) is 42.2 Å².